The predicted octanol–water partition coefficient (Wildman–Crippen LogP) is 2.50. The number of alkyl halides is 3. The lowest BCUT2D eigenvalue weighted by molar-refractivity contribution is -0.137. The summed E-state index contributed by atoms with van der Waals surface area (Å²) in [6, 6.07) is 4.11. The molecule has 118 valence electrons. The molecule has 0 heterocycles. The number of sulfone groups is 1. The second kappa shape index (κ2) is 6.33. The summed E-state index contributed by atoms with van der Waals surface area (Å²) in [6.07, 6.45) is -0.0481. The van der Waals surface area contributed by atoms with Crippen LogP contribution in [0.15, 0.2) is 29.2 Å². The van der Waals surface area contributed by atoms with Gasteiger partial charge in [0.15, 0.2) is 0 Å². The minimum Gasteiger partial charge on any atom is -0.481 e. The molecule has 0 fully saturated rings. The number of hydrogen-bond acceptors (Lipinski definition) is 4. The third kappa shape index (κ3) is 4.62. The summed E-state index contributed by atoms with van der Waals surface area (Å²) in [5, 5.41) is 11.4. The highest BCUT2D eigenvalue weighted by Gasteiger charge is 2.46. The lowest BCUT2D eigenvalue weighted by Crippen LogP contribution is -2.23. The van der Waals surface area contributed by atoms with Crippen LogP contribution < -0.4 is 5.32 Å². The van der Waals surface area contributed by atoms with Gasteiger partial charge >= 0.3 is 11.5 Å². The van der Waals surface area contributed by atoms with Crippen molar-refractivity contribution in [3.63, 3.8) is 0 Å². The van der Waals surface area contributed by atoms with Crippen LogP contribution in [0.5, 0.6) is 0 Å². The first-order valence-corrected chi connectivity index (χ1v) is 7.39. The Kier molecular flexibility index (Phi) is 5.21. The highest BCUT2D eigenvalue weighted by atomic mass is 32.2. The molecule has 5 nitrogen and oxygen atoms in total. The molecule has 0 saturated heterocycles. The topological polar surface area (TPSA) is 83.5 Å². The van der Waals surface area contributed by atoms with Crippen molar-refractivity contribution in [2.45, 2.75) is 23.7 Å². The number of carboxylic acid groups (broad SMARTS) is 1. The quantitative estimate of drug-likeness (QED) is 0.839. The van der Waals surface area contributed by atoms with E-state index in [1.807, 2.05) is 0 Å². The van der Waals surface area contributed by atoms with E-state index < -0.39 is 26.2 Å². The fraction of sp³-hybridized carbons (Fsp3) is 0.417. The van der Waals surface area contributed by atoms with Crippen LogP contribution in [0, 0.1) is 5.92 Å². The average molecular weight is 325 g/mol. The molecular formula is C12H14F3NO4S. The van der Waals surface area contributed by atoms with E-state index in [0.717, 1.165) is 12.1 Å². The zero-order valence-electron chi connectivity index (χ0n) is 11.0. The van der Waals surface area contributed by atoms with Crippen molar-refractivity contribution in [2.75, 3.05) is 11.9 Å². The Balaban J connectivity index is 2.74. The summed E-state index contributed by atoms with van der Waals surface area (Å²) in [4.78, 5) is 9.63. The average Bonchev–Trinajstić information content (AvgIpc) is 2.34. The van der Waals surface area contributed by atoms with Crippen LogP contribution in [0.1, 0.15) is 13.3 Å². The van der Waals surface area contributed by atoms with Crippen LogP contribution in [0.3, 0.4) is 0 Å². The molecule has 9 heteroatoms. The summed E-state index contributed by atoms with van der Waals surface area (Å²) in [5.74, 6) is -1.13. The molecule has 0 amide bonds. The van der Waals surface area contributed by atoms with Crippen LogP contribution in [-0.4, -0.2) is 31.5 Å². The number of halogens is 3. The van der Waals surface area contributed by atoms with E-state index in [-0.39, 0.29) is 12.3 Å². The van der Waals surface area contributed by atoms with Gasteiger partial charge in [0.2, 0.25) is 0 Å². The van der Waals surface area contributed by atoms with E-state index in [2.05, 4.69) is 5.32 Å². The number of hydrogen-bond donors (Lipinski definition) is 2. The van der Waals surface area contributed by atoms with Gasteiger partial charge in [-0.15, -0.1) is 0 Å². The van der Waals surface area contributed by atoms with Crippen molar-refractivity contribution in [1.82, 2.24) is 0 Å². The standard InChI is InChI=1S/C12H14F3NO4S/c1-8(6-11(17)18)7-16-9-2-4-10(5-3-9)21(19,20)12(13,14)15/h2-5,8,16H,6-7H2,1H3,(H,17,18). The minimum atomic E-state index is -5.35. The molecule has 1 aromatic carbocycles. The van der Waals surface area contributed by atoms with Gasteiger partial charge in [0.25, 0.3) is 9.84 Å². The Hall–Kier alpha value is -1.77. The Morgan fingerprint density at radius 2 is 1.81 bits per heavy atom. The predicted molar refractivity (Wildman–Crippen MR) is 69.6 cm³/mol. The molecule has 21 heavy (non-hydrogen) atoms. The Bertz CT molecular complexity index is 596. The van der Waals surface area contributed by atoms with Gasteiger partial charge in [-0.2, -0.15) is 13.2 Å². The molecule has 0 aliphatic heterocycles. The lowest BCUT2D eigenvalue weighted by atomic mass is 10.1. The second-order valence-electron chi connectivity index (χ2n) is 4.56. The van der Waals surface area contributed by atoms with E-state index in [9.17, 15) is 26.4 Å². The van der Waals surface area contributed by atoms with E-state index in [1.165, 1.54) is 12.1 Å². The number of aliphatic carboxylic acids is 1. The molecule has 0 aromatic heterocycles. The first kappa shape index (κ1) is 17.3. The fourth-order valence-corrected chi connectivity index (χ4v) is 2.31. The van der Waals surface area contributed by atoms with E-state index in [4.69, 9.17) is 5.11 Å². The van der Waals surface area contributed by atoms with Gasteiger partial charge < -0.3 is 10.4 Å². The summed E-state index contributed by atoms with van der Waals surface area (Å²) in [6.45, 7) is 2.00. The largest absolute Gasteiger partial charge is 0.501 e. The molecule has 0 aliphatic carbocycles. The second-order valence-corrected chi connectivity index (χ2v) is 6.50. The monoisotopic (exact) mass is 325 g/mol. The SMILES string of the molecule is CC(CNc1ccc(S(=O)(=O)C(F)(F)F)cc1)CC(=O)O. The zero-order chi connectivity index (χ0) is 16.3. The molecule has 1 unspecified atom stereocenters. The van der Waals surface area contributed by atoms with E-state index >= 15 is 0 Å². The molecule has 1 rings (SSSR count). The maximum Gasteiger partial charge on any atom is 0.501 e. The molecule has 0 aliphatic rings. The van der Waals surface area contributed by atoms with Crippen LogP contribution >= 0.6 is 0 Å². The van der Waals surface area contributed by atoms with Crippen molar-refractivity contribution < 1.29 is 31.5 Å². The fourth-order valence-electron chi connectivity index (χ4n) is 1.55. The van der Waals surface area contributed by atoms with Gasteiger partial charge in [0.05, 0.1) is 4.90 Å². The normalized spacial score (nSPS) is 13.7. The molecule has 1 aromatic rings. The third-order valence-corrected chi connectivity index (χ3v) is 4.15. The number of rotatable bonds is 6. The van der Waals surface area contributed by atoms with Crippen molar-refractivity contribution in [3.05, 3.63) is 24.3 Å². The van der Waals surface area contributed by atoms with Gasteiger partial charge in [-0.25, -0.2) is 8.42 Å². The molecule has 1 atom stereocenters. The molecule has 0 spiro atoms. The summed E-state index contributed by atoms with van der Waals surface area (Å²) < 4.78 is 59.3. The van der Waals surface area contributed by atoms with Crippen molar-refractivity contribution in [2.24, 2.45) is 5.92 Å². The van der Waals surface area contributed by atoms with Crippen LogP contribution in [0.4, 0.5) is 18.9 Å². The number of nitrogens with one attached hydrogen (secondary N) is 1. The number of benzene rings is 1. The molecule has 2 N–H and O–H groups in total. The molecular weight excluding hydrogens is 311 g/mol. The van der Waals surface area contributed by atoms with Crippen LogP contribution in [0.25, 0.3) is 0 Å². The number of carbonyl (C=O) groups is 1. The third-order valence-electron chi connectivity index (χ3n) is 2.65. The maximum absolute atomic E-state index is 12.3. The van der Waals surface area contributed by atoms with E-state index in [1.54, 1.807) is 6.92 Å². The Morgan fingerprint density at radius 3 is 2.24 bits per heavy atom. The summed E-state index contributed by atoms with van der Waals surface area (Å²) in [7, 11) is -5.35. The van der Waals surface area contributed by atoms with Gasteiger partial charge in [0, 0.05) is 18.7 Å². The number of carboxylic acids is 1. The van der Waals surface area contributed by atoms with Gasteiger partial charge in [0.1, 0.15) is 0 Å². The van der Waals surface area contributed by atoms with Gasteiger partial charge in [-0.1, -0.05) is 6.92 Å². The molecule has 0 bridgehead atoms. The molecule has 0 radical (unpaired) electrons. The van der Waals surface area contributed by atoms with Gasteiger partial charge in [-0.3, -0.25) is 4.79 Å². The summed E-state index contributed by atoms with van der Waals surface area (Å²) >= 11 is 0. The Labute approximate surface area is 119 Å². The van der Waals surface area contributed by atoms with Crippen molar-refractivity contribution >= 4 is 21.5 Å². The Morgan fingerprint density at radius 1 is 1.29 bits per heavy atom. The highest BCUT2D eigenvalue weighted by molar-refractivity contribution is 7.92. The van der Waals surface area contributed by atoms with Crippen LogP contribution in [0.2, 0.25) is 0 Å². The minimum absolute atomic E-state index is 0.0481. The van der Waals surface area contributed by atoms with E-state index in [0.29, 0.717) is 12.2 Å². The maximum atomic E-state index is 12.3. The van der Waals surface area contributed by atoms with Crippen LogP contribution in [-0.2, 0) is 14.6 Å². The van der Waals surface area contributed by atoms with Crippen molar-refractivity contribution in [3.8, 4) is 0 Å². The van der Waals surface area contributed by atoms with Crippen molar-refractivity contribution in [1.29, 1.82) is 0 Å². The first-order valence-electron chi connectivity index (χ1n) is 5.91. The number of anilines is 1. The highest BCUT2D eigenvalue weighted by Crippen LogP contribution is 2.30. The zero-order valence-corrected chi connectivity index (χ0v) is 11.8. The summed E-state index contributed by atoms with van der Waals surface area (Å²) in [5.41, 5.74) is -4.92. The smallest absolute Gasteiger partial charge is 0.481 e. The van der Waals surface area contributed by atoms with Gasteiger partial charge in [-0.05, 0) is 30.2 Å². The molecule has 0 saturated carbocycles. The first-order chi connectivity index (χ1) is 9.54. The lowest BCUT2D eigenvalue weighted by Gasteiger charge is -2.12.